The van der Waals surface area contributed by atoms with Gasteiger partial charge < -0.3 is 10.4 Å². The number of anilines is 1. The minimum Gasteiger partial charge on any atom is -0.508 e. The Morgan fingerprint density at radius 3 is 2.36 bits per heavy atom. The number of carbonyl (C=O) groups is 1. The molecule has 4 nitrogen and oxygen atoms in total. The van der Waals surface area contributed by atoms with E-state index in [-0.39, 0.29) is 16.8 Å². The number of phenols is 1. The van der Waals surface area contributed by atoms with Crippen molar-refractivity contribution >= 4 is 35.0 Å². The number of aryl methyl sites for hydroxylation is 1. The molecular weight excluding hydrogens is 296 g/mol. The Labute approximate surface area is 134 Å². The molecule has 0 aromatic heterocycles. The quantitative estimate of drug-likeness (QED) is 0.463. The van der Waals surface area contributed by atoms with E-state index < -0.39 is 0 Å². The van der Waals surface area contributed by atoms with Gasteiger partial charge in [-0.2, -0.15) is 0 Å². The molecule has 0 aliphatic rings. The smallest absolute Gasteiger partial charge is 0.250 e. The van der Waals surface area contributed by atoms with Crippen LogP contribution in [0.5, 0.6) is 5.75 Å². The molecule has 3 N–H and O–H groups in total. The number of phenolic OH excluding ortho intramolecular Hbond substituents is 1. The van der Waals surface area contributed by atoms with Crippen molar-refractivity contribution in [1.29, 1.82) is 0 Å². The molecule has 0 bridgehead atoms. The fraction of sp³-hybridized carbons (Fsp3) is 0.0588. The number of hydrogen-bond donors (Lipinski definition) is 3. The summed E-state index contributed by atoms with van der Waals surface area (Å²) in [7, 11) is 0. The average Bonchev–Trinajstić information content (AvgIpc) is 2.49. The molecule has 5 heteroatoms. The number of aromatic hydroxyl groups is 1. The molecule has 0 heterocycles. The number of rotatable bonds is 3. The average molecular weight is 312 g/mol. The van der Waals surface area contributed by atoms with E-state index in [1.165, 1.54) is 23.8 Å². The Hall–Kier alpha value is -2.66. The fourth-order valence-corrected chi connectivity index (χ4v) is 1.93. The van der Waals surface area contributed by atoms with E-state index in [1.807, 2.05) is 31.2 Å². The summed E-state index contributed by atoms with van der Waals surface area (Å²) in [6, 6.07) is 14.2. The molecule has 0 fully saturated rings. The molecule has 1 amide bonds. The van der Waals surface area contributed by atoms with E-state index in [0.29, 0.717) is 5.69 Å². The van der Waals surface area contributed by atoms with Gasteiger partial charge in [0.2, 0.25) is 5.91 Å². The van der Waals surface area contributed by atoms with E-state index >= 15 is 0 Å². The highest BCUT2D eigenvalue weighted by Gasteiger charge is 2.01. The molecule has 22 heavy (non-hydrogen) atoms. The molecule has 2 aromatic carbocycles. The lowest BCUT2D eigenvalue weighted by Crippen LogP contribution is -2.32. The van der Waals surface area contributed by atoms with Crippen LogP contribution in [0.25, 0.3) is 6.08 Å². The summed E-state index contributed by atoms with van der Waals surface area (Å²) < 4.78 is 0. The first-order valence-electron chi connectivity index (χ1n) is 6.69. The van der Waals surface area contributed by atoms with Crippen molar-refractivity contribution in [3.63, 3.8) is 0 Å². The van der Waals surface area contributed by atoms with Gasteiger partial charge in [-0.05, 0) is 55.0 Å². The molecule has 0 saturated carbocycles. The summed E-state index contributed by atoms with van der Waals surface area (Å²) in [6.45, 7) is 2.01. The Balaban J connectivity index is 1.87. The molecule has 2 rings (SSSR count). The molecule has 0 spiro atoms. The number of amides is 1. The third-order valence-corrected chi connectivity index (χ3v) is 3.07. The molecule has 112 valence electrons. The number of thiocarbonyl (C=S) groups is 1. The zero-order valence-electron chi connectivity index (χ0n) is 12.0. The van der Waals surface area contributed by atoms with E-state index in [2.05, 4.69) is 10.6 Å². The van der Waals surface area contributed by atoms with Crippen molar-refractivity contribution in [2.24, 2.45) is 0 Å². The lowest BCUT2D eigenvalue weighted by atomic mass is 10.1. The van der Waals surface area contributed by atoms with E-state index in [4.69, 9.17) is 12.2 Å². The van der Waals surface area contributed by atoms with Crippen molar-refractivity contribution in [1.82, 2.24) is 5.32 Å². The standard InChI is InChI=1S/C17H16N2O2S/c1-12-2-4-13(5-3-12)6-11-16(21)19-17(22)18-14-7-9-15(20)10-8-14/h2-11,20H,1H3,(H2,18,19,21,22)/b11-6+. The van der Waals surface area contributed by atoms with Crippen LogP contribution in [0, 0.1) is 6.92 Å². The van der Waals surface area contributed by atoms with E-state index in [0.717, 1.165) is 5.56 Å². The monoisotopic (exact) mass is 312 g/mol. The lowest BCUT2D eigenvalue weighted by Gasteiger charge is -2.07. The van der Waals surface area contributed by atoms with Crippen molar-refractivity contribution in [2.75, 3.05) is 5.32 Å². The van der Waals surface area contributed by atoms with Crippen LogP contribution in [-0.2, 0) is 4.79 Å². The zero-order chi connectivity index (χ0) is 15.9. The number of carbonyl (C=O) groups excluding carboxylic acids is 1. The minimum atomic E-state index is -0.308. The first-order chi connectivity index (χ1) is 10.5. The largest absolute Gasteiger partial charge is 0.508 e. The Kier molecular flexibility index (Phi) is 5.27. The van der Waals surface area contributed by atoms with Crippen LogP contribution in [0.2, 0.25) is 0 Å². The van der Waals surface area contributed by atoms with Gasteiger partial charge in [0.1, 0.15) is 5.75 Å². The number of hydrogen-bond acceptors (Lipinski definition) is 3. The predicted molar refractivity (Wildman–Crippen MR) is 92.7 cm³/mol. The van der Waals surface area contributed by atoms with Gasteiger partial charge in [-0.15, -0.1) is 0 Å². The van der Waals surface area contributed by atoms with Crippen LogP contribution in [0.15, 0.2) is 54.6 Å². The second kappa shape index (κ2) is 7.38. The van der Waals surface area contributed by atoms with Gasteiger partial charge >= 0.3 is 0 Å². The Morgan fingerprint density at radius 2 is 1.73 bits per heavy atom. The Morgan fingerprint density at radius 1 is 1.09 bits per heavy atom. The maximum Gasteiger partial charge on any atom is 0.250 e. The summed E-state index contributed by atoms with van der Waals surface area (Å²) in [5.74, 6) is -0.140. The van der Waals surface area contributed by atoms with Gasteiger partial charge in [0.25, 0.3) is 0 Å². The summed E-state index contributed by atoms with van der Waals surface area (Å²) in [5, 5.41) is 14.8. The van der Waals surface area contributed by atoms with E-state index in [9.17, 15) is 9.90 Å². The molecule has 0 aliphatic carbocycles. The summed E-state index contributed by atoms with van der Waals surface area (Å²) in [5.41, 5.74) is 2.80. The SMILES string of the molecule is Cc1ccc(/C=C/C(=O)NC(=S)Nc2ccc(O)cc2)cc1. The number of nitrogens with one attached hydrogen (secondary N) is 2. The summed E-state index contributed by atoms with van der Waals surface area (Å²) in [6.07, 6.45) is 3.15. The van der Waals surface area contributed by atoms with Gasteiger partial charge in [-0.25, -0.2) is 0 Å². The lowest BCUT2D eigenvalue weighted by molar-refractivity contribution is -0.115. The summed E-state index contributed by atoms with van der Waals surface area (Å²) >= 11 is 5.05. The van der Waals surface area contributed by atoms with Crippen LogP contribution in [0.4, 0.5) is 5.69 Å². The minimum absolute atomic E-state index is 0.168. The second-order valence-electron chi connectivity index (χ2n) is 4.73. The molecule has 0 unspecified atom stereocenters. The first-order valence-corrected chi connectivity index (χ1v) is 7.09. The normalized spacial score (nSPS) is 10.4. The highest BCUT2D eigenvalue weighted by atomic mass is 32.1. The molecular formula is C17H16N2O2S. The maximum absolute atomic E-state index is 11.8. The van der Waals surface area contributed by atoms with Crippen LogP contribution >= 0.6 is 12.2 Å². The highest BCUT2D eigenvalue weighted by Crippen LogP contribution is 2.13. The van der Waals surface area contributed by atoms with Gasteiger partial charge in [0.15, 0.2) is 5.11 Å². The topological polar surface area (TPSA) is 61.4 Å². The highest BCUT2D eigenvalue weighted by molar-refractivity contribution is 7.80. The van der Waals surface area contributed by atoms with Crippen LogP contribution in [0.1, 0.15) is 11.1 Å². The Bertz CT molecular complexity index is 692. The van der Waals surface area contributed by atoms with Crippen LogP contribution in [-0.4, -0.2) is 16.1 Å². The second-order valence-corrected chi connectivity index (χ2v) is 5.14. The molecule has 0 aliphatic heterocycles. The summed E-state index contributed by atoms with van der Waals surface area (Å²) in [4.78, 5) is 11.8. The third-order valence-electron chi connectivity index (χ3n) is 2.87. The third kappa shape index (κ3) is 5.03. The van der Waals surface area contributed by atoms with Crippen molar-refractivity contribution < 1.29 is 9.90 Å². The zero-order valence-corrected chi connectivity index (χ0v) is 12.9. The van der Waals surface area contributed by atoms with E-state index in [1.54, 1.807) is 18.2 Å². The van der Waals surface area contributed by atoms with Gasteiger partial charge in [0.05, 0.1) is 0 Å². The predicted octanol–water partition coefficient (Wildman–Crippen LogP) is 3.23. The number of benzene rings is 2. The van der Waals surface area contributed by atoms with Gasteiger partial charge in [0, 0.05) is 11.8 Å². The molecule has 0 saturated heterocycles. The van der Waals surface area contributed by atoms with Crippen LogP contribution in [0.3, 0.4) is 0 Å². The van der Waals surface area contributed by atoms with Crippen LogP contribution < -0.4 is 10.6 Å². The van der Waals surface area contributed by atoms with Gasteiger partial charge in [-0.1, -0.05) is 29.8 Å². The van der Waals surface area contributed by atoms with Crippen molar-refractivity contribution in [3.8, 4) is 5.75 Å². The maximum atomic E-state index is 11.8. The fourth-order valence-electron chi connectivity index (χ4n) is 1.71. The van der Waals surface area contributed by atoms with Gasteiger partial charge in [-0.3, -0.25) is 10.1 Å². The molecule has 2 aromatic rings. The molecule has 0 radical (unpaired) electrons. The van der Waals surface area contributed by atoms with Crippen molar-refractivity contribution in [3.05, 3.63) is 65.7 Å². The first kappa shape index (κ1) is 15.7. The van der Waals surface area contributed by atoms with Crippen molar-refractivity contribution in [2.45, 2.75) is 6.92 Å². The molecule has 0 atom stereocenters.